The number of carboxylic acids is 1. The molecule has 18 heavy (non-hydrogen) atoms. The number of amides is 1. The number of likely N-dealkylation sites (tertiary alicyclic amines) is 1. The Hall–Kier alpha value is -1.36. The number of nitrogens with zero attached hydrogens (tertiary/aromatic N) is 1. The van der Waals surface area contributed by atoms with Crippen LogP contribution in [-0.2, 0) is 16.0 Å². The predicted octanol–water partition coefficient (Wildman–Crippen LogP) is 2.07. The number of carbonyl (C=O) groups excluding carboxylic acids is 1. The van der Waals surface area contributed by atoms with Crippen LogP contribution in [0.4, 0.5) is 0 Å². The van der Waals surface area contributed by atoms with E-state index in [1.165, 1.54) is 4.90 Å². The number of halogens is 1. The molecule has 0 bridgehead atoms. The molecular formula is C13H14BrNO3. The molecule has 0 aromatic heterocycles. The molecule has 1 N–H and O–H groups in total. The molecule has 1 aromatic carbocycles. The molecule has 1 amide bonds. The summed E-state index contributed by atoms with van der Waals surface area (Å²) in [6, 6.07) is 6.86. The summed E-state index contributed by atoms with van der Waals surface area (Å²) in [5.74, 6) is -1.02. The van der Waals surface area contributed by atoms with Crippen molar-refractivity contribution in [2.45, 2.75) is 25.3 Å². The molecular weight excluding hydrogens is 298 g/mol. The van der Waals surface area contributed by atoms with Gasteiger partial charge in [0, 0.05) is 11.0 Å². The van der Waals surface area contributed by atoms with Crippen LogP contribution in [0, 0.1) is 0 Å². The van der Waals surface area contributed by atoms with Crippen molar-refractivity contribution in [2.75, 3.05) is 6.54 Å². The Balaban J connectivity index is 2.06. The van der Waals surface area contributed by atoms with Crippen molar-refractivity contribution in [3.63, 3.8) is 0 Å². The number of hydrogen-bond donors (Lipinski definition) is 1. The quantitative estimate of drug-likeness (QED) is 0.929. The number of benzene rings is 1. The summed E-state index contributed by atoms with van der Waals surface area (Å²) in [5, 5.41) is 9.04. The Morgan fingerprint density at radius 1 is 1.44 bits per heavy atom. The van der Waals surface area contributed by atoms with E-state index in [1.807, 2.05) is 24.3 Å². The van der Waals surface area contributed by atoms with E-state index in [1.54, 1.807) is 0 Å². The lowest BCUT2D eigenvalue weighted by molar-refractivity contribution is -0.148. The van der Waals surface area contributed by atoms with Gasteiger partial charge >= 0.3 is 5.97 Å². The average molecular weight is 312 g/mol. The summed E-state index contributed by atoms with van der Waals surface area (Å²) < 4.78 is 0.920. The van der Waals surface area contributed by atoms with Gasteiger partial charge in [0.15, 0.2) is 0 Å². The van der Waals surface area contributed by atoms with E-state index in [-0.39, 0.29) is 12.3 Å². The fraction of sp³-hybridized carbons (Fsp3) is 0.385. The van der Waals surface area contributed by atoms with Gasteiger partial charge in [-0.1, -0.05) is 28.1 Å². The van der Waals surface area contributed by atoms with Crippen LogP contribution in [0.2, 0.25) is 0 Å². The fourth-order valence-electron chi connectivity index (χ4n) is 2.25. The van der Waals surface area contributed by atoms with Gasteiger partial charge in [0.05, 0.1) is 6.42 Å². The summed E-state index contributed by atoms with van der Waals surface area (Å²) in [6.45, 7) is 0.545. The van der Waals surface area contributed by atoms with Crippen molar-refractivity contribution < 1.29 is 14.7 Å². The van der Waals surface area contributed by atoms with Crippen LogP contribution in [0.5, 0.6) is 0 Å². The highest BCUT2D eigenvalue weighted by Crippen LogP contribution is 2.19. The van der Waals surface area contributed by atoms with Crippen LogP contribution in [0.15, 0.2) is 28.7 Å². The van der Waals surface area contributed by atoms with Gasteiger partial charge in [-0.15, -0.1) is 0 Å². The molecule has 1 atom stereocenters. The first-order valence-electron chi connectivity index (χ1n) is 5.84. The lowest BCUT2D eigenvalue weighted by atomic mass is 10.1. The van der Waals surface area contributed by atoms with Gasteiger partial charge in [-0.3, -0.25) is 4.79 Å². The third kappa shape index (κ3) is 2.90. The molecule has 4 nitrogen and oxygen atoms in total. The molecule has 5 heteroatoms. The minimum atomic E-state index is -0.907. The van der Waals surface area contributed by atoms with Gasteiger partial charge in [0.2, 0.25) is 5.91 Å². The maximum Gasteiger partial charge on any atom is 0.326 e. The standard InChI is InChI=1S/C13H14BrNO3/c14-10-4-1-3-9(7-10)8-12(16)15-6-2-5-11(15)13(17)18/h1,3-4,7,11H,2,5-6,8H2,(H,17,18)/t11-/m1/s1. The summed E-state index contributed by atoms with van der Waals surface area (Å²) >= 11 is 3.35. The molecule has 1 aliphatic rings. The minimum Gasteiger partial charge on any atom is -0.480 e. The largest absolute Gasteiger partial charge is 0.480 e. The second-order valence-corrected chi connectivity index (χ2v) is 5.31. The molecule has 1 fully saturated rings. The van der Waals surface area contributed by atoms with Gasteiger partial charge in [-0.2, -0.15) is 0 Å². The second-order valence-electron chi connectivity index (χ2n) is 4.39. The molecule has 1 aliphatic heterocycles. The van der Waals surface area contributed by atoms with E-state index in [2.05, 4.69) is 15.9 Å². The van der Waals surface area contributed by atoms with E-state index in [0.717, 1.165) is 16.5 Å². The molecule has 0 aliphatic carbocycles. The Morgan fingerprint density at radius 2 is 2.22 bits per heavy atom. The fourth-order valence-corrected chi connectivity index (χ4v) is 2.69. The van der Waals surface area contributed by atoms with Gasteiger partial charge < -0.3 is 10.0 Å². The predicted molar refractivity (Wildman–Crippen MR) is 70.2 cm³/mol. The van der Waals surface area contributed by atoms with Gasteiger partial charge in [0.25, 0.3) is 0 Å². The average Bonchev–Trinajstić information content (AvgIpc) is 2.77. The van der Waals surface area contributed by atoms with Crippen molar-refractivity contribution in [3.05, 3.63) is 34.3 Å². The van der Waals surface area contributed by atoms with Crippen LogP contribution < -0.4 is 0 Å². The van der Waals surface area contributed by atoms with E-state index in [4.69, 9.17) is 5.11 Å². The molecule has 1 heterocycles. The minimum absolute atomic E-state index is 0.113. The van der Waals surface area contributed by atoms with E-state index in [0.29, 0.717) is 13.0 Å². The summed E-state index contributed by atoms with van der Waals surface area (Å²) in [4.78, 5) is 24.6. The SMILES string of the molecule is O=C(O)[C@H]1CCCN1C(=O)Cc1cccc(Br)c1. The Bertz CT molecular complexity index is 475. The van der Waals surface area contributed by atoms with Crippen LogP contribution in [0.1, 0.15) is 18.4 Å². The lowest BCUT2D eigenvalue weighted by Gasteiger charge is -2.21. The van der Waals surface area contributed by atoms with Crippen LogP contribution in [-0.4, -0.2) is 34.5 Å². The second kappa shape index (κ2) is 5.52. The number of rotatable bonds is 3. The van der Waals surface area contributed by atoms with Crippen LogP contribution >= 0.6 is 15.9 Å². The summed E-state index contributed by atoms with van der Waals surface area (Å²) in [6.07, 6.45) is 1.57. The number of carboxylic acid groups (broad SMARTS) is 1. The zero-order chi connectivity index (χ0) is 13.1. The van der Waals surface area contributed by atoms with Gasteiger partial charge in [-0.05, 0) is 30.5 Å². The Labute approximate surface area is 114 Å². The van der Waals surface area contributed by atoms with Crippen LogP contribution in [0.3, 0.4) is 0 Å². The normalized spacial score (nSPS) is 18.9. The van der Waals surface area contributed by atoms with E-state index >= 15 is 0 Å². The van der Waals surface area contributed by atoms with Gasteiger partial charge in [-0.25, -0.2) is 4.79 Å². The molecule has 0 saturated carbocycles. The third-order valence-corrected chi connectivity index (χ3v) is 3.60. The number of carbonyl (C=O) groups is 2. The van der Waals surface area contributed by atoms with Crippen molar-refractivity contribution in [2.24, 2.45) is 0 Å². The first-order chi connectivity index (χ1) is 8.58. The highest BCUT2D eigenvalue weighted by Gasteiger charge is 2.33. The van der Waals surface area contributed by atoms with Crippen molar-refractivity contribution in [3.8, 4) is 0 Å². The van der Waals surface area contributed by atoms with Crippen molar-refractivity contribution >= 4 is 27.8 Å². The smallest absolute Gasteiger partial charge is 0.326 e. The highest BCUT2D eigenvalue weighted by molar-refractivity contribution is 9.10. The van der Waals surface area contributed by atoms with Crippen LogP contribution in [0.25, 0.3) is 0 Å². The monoisotopic (exact) mass is 311 g/mol. The number of hydrogen-bond acceptors (Lipinski definition) is 2. The molecule has 96 valence electrons. The molecule has 0 spiro atoms. The molecule has 1 saturated heterocycles. The van der Waals surface area contributed by atoms with Crippen molar-refractivity contribution in [1.29, 1.82) is 0 Å². The summed E-state index contributed by atoms with van der Waals surface area (Å²) in [5.41, 5.74) is 0.894. The molecule has 0 unspecified atom stereocenters. The zero-order valence-electron chi connectivity index (χ0n) is 9.80. The van der Waals surface area contributed by atoms with E-state index < -0.39 is 12.0 Å². The molecule has 2 rings (SSSR count). The Kier molecular flexibility index (Phi) is 4.01. The van der Waals surface area contributed by atoms with E-state index in [9.17, 15) is 9.59 Å². The molecule has 0 radical (unpaired) electrons. The molecule has 1 aromatic rings. The number of aliphatic carboxylic acids is 1. The maximum absolute atomic E-state index is 12.1. The summed E-state index contributed by atoms with van der Waals surface area (Å²) in [7, 11) is 0. The Morgan fingerprint density at radius 3 is 2.89 bits per heavy atom. The van der Waals surface area contributed by atoms with Gasteiger partial charge in [0.1, 0.15) is 6.04 Å². The zero-order valence-corrected chi connectivity index (χ0v) is 11.4. The first-order valence-corrected chi connectivity index (χ1v) is 6.64. The maximum atomic E-state index is 12.1. The van der Waals surface area contributed by atoms with Crippen molar-refractivity contribution in [1.82, 2.24) is 4.90 Å². The highest BCUT2D eigenvalue weighted by atomic mass is 79.9. The first kappa shape index (κ1) is 13.1. The lowest BCUT2D eigenvalue weighted by Crippen LogP contribution is -2.41. The topological polar surface area (TPSA) is 57.6 Å². The third-order valence-electron chi connectivity index (χ3n) is 3.10.